The molecule has 0 fully saturated rings. The number of nitrogens with zero attached hydrogens (tertiary/aromatic N) is 1. The summed E-state index contributed by atoms with van der Waals surface area (Å²) in [7, 11) is 0. The van der Waals surface area contributed by atoms with Crippen LogP contribution >= 0.6 is 0 Å². The maximum absolute atomic E-state index is 11.4. The van der Waals surface area contributed by atoms with Crippen molar-refractivity contribution in [2.75, 3.05) is 6.54 Å². The molecule has 0 radical (unpaired) electrons. The summed E-state index contributed by atoms with van der Waals surface area (Å²) in [5, 5.41) is 11.3. The average molecular weight is 266 g/mol. The first-order valence-electron chi connectivity index (χ1n) is 6.02. The number of carbonyl (C=O) groups is 2. The smallest absolute Gasteiger partial charge is 0.320 e. The van der Waals surface area contributed by atoms with Crippen LogP contribution in [0.2, 0.25) is 0 Å². The number of aromatic amines is 1. The Morgan fingerprint density at radius 1 is 1.53 bits per heavy atom. The molecule has 1 rings (SSSR count). The molecule has 1 heterocycles. The quantitative estimate of drug-likeness (QED) is 0.393. The number of aromatic nitrogens is 2. The molecule has 7 heteroatoms. The van der Waals surface area contributed by atoms with Crippen molar-refractivity contribution in [3.63, 3.8) is 0 Å². The molecule has 1 aromatic rings. The van der Waals surface area contributed by atoms with Gasteiger partial charge < -0.3 is 21.1 Å². The van der Waals surface area contributed by atoms with Crippen molar-refractivity contribution in [2.24, 2.45) is 5.73 Å². The maximum atomic E-state index is 11.4. The topological polar surface area (TPSA) is 121 Å². The summed E-state index contributed by atoms with van der Waals surface area (Å²) in [4.78, 5) is 28.5. The molecule has 1 aromatic heterocycles. The lowest BCUT2D eigenvalue weighted by Gasteiger charge is -2.06. The van der Waals surface area contributed by atoms with E-state index in [4.69, 9.17) is 10.8 Å². The van der Waals surface area contributed by atoms with Gasteiger partial charge in [0.25, 0.3) is 0 Å². The lowest BCUT2D eigenvalue weighted by atomic mass is 10.1. The van der Waals surface area contributed by atoms with Gasteiger partial charge in [0, 0.05) is 12.6 Å². The summed E-state index contributed by atoms with van der Waals surface area (Å²) in [5.41, 5.74) is 6.11. The predicted octanol–water partition coefficient (Wildman–Crippen LogP) is 0.121. The number of H-pyrrole nitrogens is 1. The molecule has 0 aliphatic rings. The van der Waals surface area contributed by atoms with E-state index in [1.807, 2.05) is 0 Å². The van der Waals surface area contributed by atoms with Crippen LogP contribution in [0.4, 0.5) is 0 Å². The van der Waals surface area contributed by atoms with E-state index in [-0.39, 0.29) is 5.91 Å². The van der Waals surface area contributed by atoms with Gasteiger partial charge in [-0.05, 0) is 25.3 Å². The largest absolute Gasteiger partial charge is 0.480 e. The highest BCUT2D eigenvalue weighted by atomic mass is 16.4. The van der Waals surface area contributed by atoms with E-state index in [0.29, 0.717) is 25.8 Å². The van der Waals surface area contributed by atoms with Crippen molar-refractivity contribution < 1.29 is 14.7 Å². The first-order chi connectivity index (χ1) is 9.09. The van der Waals surface area contributed by atoms with Crippen LogP contribution in [0.25, 0.3) is 6.08 Å². The molecule has 0 saturated heterocycles. The van der Waals surface area contributed by atoms with Crippen molar-refractivity contribution in [3.8, 4) is 0 Å². The first kappa shape index (κ1) is 14.9. The lowest BCUT2D eigenvalue weighted by Crippen LogP contribution is -2.30. The third-order valence-corrected chi connectivity index (χ3v) is 2.49. The number of carbonyl (C=O) groups excluding carboxylic acids is 1. The minimum absolute atomic E-state index is 0.197. The van der Waals surface area contributed by atoms with E-state index in [1.165, 1.54) is 12.4 Å². The second kappa shape index (κ2) is 8.04. The molecule has 104 valence electrons. The molecule has 5 N–H and O–H groups in total. The molecule has 0 spiro atoms. The van der Waals surface area contributed by atoms with Crippen LogP contribution in [0.3, 0.4) is 0 Å². The Labute approximate surface area is 110 Å². The van der Waals surface area contributed by atoms with E-state index in [1.54, 1.807) is 12.3 Å². The fourth-order valence-electron chi connectivity index (χ4n) is 1.41. The molecule has 0 aromatic carbocycles. The van der Waals surface area contributed by atoms with Gasteiger partial charge in [-0.2, -0.15) is 0 Å². The zero-order valence-electron chi connectivity index (χ0n) is 10.5. The molecular formula is C12H18N4O3. The third kappa shape index (κ3) is 6.37. The van der Waals surface area contributed by atoms with Crippen LogP contribution in [0, 0.1) is 0 Å². The number of nitrogens with two attached hydrogens (primary N) is 1. The van der Waals surface area contributed by atoms with Gasteiger partial charge in [-0.3, -0.25) is 9.59 Å². The zero-order chi connectivity index (χ0) is 14.1. The van der Waals surface area contributed by atoms with E-state index >= 15 is 0 Å². The minimum atomic E-state index is -0.994. The number of carboxylic acid groups (broad SMARTS) is 1. The summed E-state index contributed by atoms with van der Waals surface area (Å²) in [6.45, 7) is 0.499. The van der Waals surface area contributed by atoms with Gasteiger partial charge >= 0.3 is 5.97 Å². The average Bonchev–Trinajstić information content (AvgIpc) is 2.88. The third-order valence-electron chi connectivity index (χ3n) is 2.49. The fraction of sp³-hybridized carbons (Fsp3) is 0.417. The predicted molar refractivity (Wildman–Crippen MR) is 70.1 cm³/mol. The van der Waals surface area contributed by atoms with Crippen molar-refractivity contribution in [2.45, 2.75) is 25.3 Å². The number of hydrogen-bond donors (Lipinski definition) is 4. The SMILES string of the molecule is N[C@@H](CCCCNC(=O)/C=C/c1cnc[nH]1)C(=O)O. The van der Waals surface area contributed by atoms with Crippen LogP contribution in [-0.2, 0) is 9.59 Å². The molecule has 0 bridgehead atoms. The molecule has 1 amide bonds. The molecule has 19 heavy (non-hydrogen) atoms. The lowest BCUT2D eigenvalue weighted by molar-refractivity contribution is -0.138. The van der Waals surface area contributed by atoms with Gasteiger partial charge in [0.2, 0.25) is 5.91 Å². The second-order valence-electron chi connectivity index (χ2n) is 4.07. The molecule has 0 unspecified atom stereocenters. The number of unbranched alkanes of at least 4 members (excludes halogenated alkanes) is 1. The van der Waals surface area contributed by atoms with Crippen molar-refractivity contribution >= 4 is 18.0 Å². The molecule has 0 saturated carbocycles. The zero-order valence-corrected chi connectivity index (χ0v) is 10.5. The molecule has 1 atom stereocenters. The highest BCUT2D eigenvalue weighted by Crippen LogP contribution is 1.98. The number of imidazole rings is 1. The number of amides is 1. The highest BCUT2D eigenvalue weighted by molar-refractivity contribution is 5.91. The number of rotatable bonds is 8. The summed E-state index contributed by atoms with van der Waals surface area (Å²) in [5.74, 6) is -1.19. The monoisotopic (exact) mass is 266 g/mol. The standard InChI is InChI=1S/C12H18N4O3/c13-10(12(18)19)3-1-2-6-15-11(17)5-4-9-7-14-8-16-9/h4-5,7-8,10H,1-3,6,13H2,(H,14,16)(H,15,17)(H,18,19)/b5-4+/t10-/m0/s1. The van der Waals surface area contributed by atoms with Crippen LogP contribution in [0.15, 0.2) is 18.6 Å². The van der Waals surface area contributed by atoms with E-state index in [2.05, 4.69) is 15.3 Å². The highest BCUT2D eigenvalue weighted by Gasteiger charge is 2.09. The molecule has 0 aliphatic carbocycles. The Hall–Kier alpha value is -2.15. The Bertz CT molecular complexity index is 428. The molecule has 7 nitrogen and oxygen atoms in total. The van der Waals surface area contributed by atoms with Crippen LogP contribution in [0.1, 0.15) is 25.0 Å². The Balaban J connectivity index is 2.09. The summed E-state index contributed by atoms with van der Waals surface area (Å²) >= 11 is 0. The Morgan fingerprint density at radius 3 is 2.95 bits per heavy atom. The normalized spacial score (nSPS) is 12.5. The first-order valence-corrected chi connectivity index (χ1v) is 6.02. The van der Waals surface area contributed by atoms with Gasteiger partial charge in [0.1, 0.15) is 6.04 Å². The second-order valence-corrected chi connectivity index (χ2v) is 4.07. The minimum Gasteiger partial charge on any atom is -0.480 e. The molecular weight excluding hydrogens is 248 g/mol. The maximum Gasteiger partial charge on any atom is 0.320 e. The van der Waals surface area contributed by atoms with E-state index in [0.717, 1.165) is 5.69 Å². The summed E-state index contributed by atoms with van der Waals surface area (Å²) < 4.78 is 0. The fourth-order valence-corrected chi connectivity index (χ4v) is 1.41. The molecule has 0 aliphatic heterocycles. The van der Waals surface area contributed by atoms with Crippen LogP contribution in [-0.4, -0.2) is 39.5 Å². The van der Waals surface area contributed by atoms with Crippen LogP contribution in [0.5, 0.6) is 0 Å². The van der Waals surface area contributed by atoms with Crippen molar-refractivity contribution in [1.29, 1.82) is 0 Å². The number of nitrogens with one attached hydrogen (secondary N) is 2. The Kier molecular flexibility index (Phi) is 6.31. The van der Waals surface area contributed by atoms with E-state index in [9.17, 15) is 9.59 Å². The van der Waals surface area contributed by atoms with Gasteiger partial charge in [-0.15, -0.1) is 0 Å². The van der Waals surface area contributed by atoms with E-state index < -0.39 is 12.0 Å². The van der Waals surface area contributed by atoms with Gasteiger partial charge in [0.15, 0.2) is 0 Å². The number of hydrogen-bond acceptors (Lipinski definition) is 4. The van der Waals surface area contributed by atoms with Crippen molar-refractivity contribution in [3.05, 3.63) is 24.3 Å². The number of aliphatic carboxylic acids is 1. The van der Waals surface area contributed by atoms with Gasteiger partial charge in [-0.25, -0.2) is 4.98 Å². The van der Waals surface area contributed by atoms with Gasteiger partial charge in [-0.1, -0.05) is 0 Å². The van der Waals surface area contributed by atoms with Crippen molar-refractivity contribution in [1.82, 2.24) is 15.3 Å². The Morgan fingerprint density at radius 2 is 2.32 bits per heavy atom. The van der Waals surface area contributed by atoms with Crippen LogP contribution < -0.4 is 11.1 Å². The summed E-state index contributed by atoms with van der Waals surface area (Å²) in [6, 6.07) is -0.823. The van der Waals surface area contributed by atoms with Gasteiger partial charge in [0.05, 0.1) is 18.2 Å². The number of carboxylic acids is 1. The summed E-state index contributed by atoms with van der Waals surface area (Å²) in [6.07, 6.45) is 7.96.